The van der Waals surface area contributed by atoms with E-state index in [1.165, 1.54) is 13.8 Å². The molecule has 0 aromatic rings. The Morgan fingerprint density at radius 1 is 1.14 bits per heavy atom. The molecule has 1 aliphatic heterocycles. The van der Waals surface area contributed by atoms with E-state index in [0.717, 1.165) is 0 Å². The lowest BCUT2D eigenvalue weighted by Gasteiger charge is -2.25. The number of nitrogens with one attached hydrogen (secondary N) is 1. The van der Waals surface area contributed by atoms with Crippen LogP contribution in [0.3, 0.4) is 0 Å². The molecule has 120 valence electrons. The minimum atomic E-state index is -1.49. The van der Waals surface area contributed by atoms with Gasteiger partial charge in [0.05, 0.1) is 12.0 Å². The van der Waals surface area contributed by atoms with Crippen LogP contribution in [-0.2, 0) is 9.59 Å². The first-order chi connectivity index (χ1) is 9.71. The third kappa shape index (κ3) is 5.99. The van der Waals surface area contributed by atoms with Gasteiger partial charge in [-0.3, -0.25) is 9.59 Å². The zero-order chi connectivity index (χ0) is 16.0. The topological polar surface area (TPSA) is 110 Å². The number of carbonyl (C=O) groups excluding carboxylic acids is 2. The van der Waals surface area contributed by atoms with Gasteiger partial charge in [0.2, 0.25) is 5.91 Å². The molecule has 0 aliphatic carbocycles. The van der Waals surface area contributed by atoms with Gasteiger partial charge in [0.25, 0.3) is 0 Å². The summed E-state index contributed by atoms with van der Waals surface area (Å²) < 4.78 is 0. The van der Waals surface area contributed by atoms with E-state index in [-0.39, 0.29) is 18.5 Å². The first-order valence-electron chi connectivity index (χ1n) is 6.94. The molecule has 1 fully saturated rings. The summed E-state index contributed by atoms with van der Waals surface area (Å²) in [4.78, 5) is 37.2. The van der Waals surface area contributed by atoms with Crippen LogP contribution in [0.5, 0.6) is 0 Å². The van der Waals surface area contributed by atoms with Crippen LogP contribution in [0.15, 0.2) is 0 Å². The maximum Gasteiger partial charge on any atom is 0.317 e. The largest absolute Gasteiger partial charge is 0.481 e. The molecule has 1 atom stereocenters. The monoisotopic (exact) mass is 301 g/mol. The van der Waals surface area contributed by atoms with Gasteiger partial charge < -0.3 is 25.3 Å². The number of hydrogen-bond acceptors (Lipinski definition) is 4. The molecule has 1 rings (SSSR count). The molecule has 8 heteroatoms. The summed E-state index contributed by atoms with van der Waals surface area (Å²) in [6.07, 6.45) is 0.254. The molecule has 0 spiro atoms. The molecule has 1 unspecified atom stereocenters. The van der Waals surface area contributed by atoms with Crippen LogP contribution >= 0.6 is 0 Å². The van der Waals surface area contributed by atoms with Gasteiger partial charge in [0, 0.05) is 39.6 Å². The quantitative estimate of drug-likeness (QED) is 0.647. The van der Waals surface area contributed by atoms with Gasteiger partial charge in [0.15, 0.2) is 0 Å². The zero-order valence-electron chi connectivity index (χ0n) is 12.5. The number of carbonyl (C=O) groups is 3. The number of aliphatic carboxylic acids is 1. The van der Waals surface area contributed by atoms with Crippen molar-refractivity contribution in [1.82, 2.24) is 15.1 Å². The third-order valence-electron chi connectivity index (χ3n) is 3.38. The average Bonchev–Trinajstić information content (AvgIpc) is 2.60. The predicted octanol–water partition coefficient (Wildman–Crippen LogP) is -0.524. The fourth-order valence-corrected chi connectivity index (χ4v) is 2.20. The number of rotatable bonds is 4. The van der Waals surface area contributed by atoms with Crippen molar-refractivity contribution in [2.75, 3.05) is 32.7 Å². The van der Waals surface area contributed by atoms with Gasteiger partial charge in [-0.15, -0.1) is 0 Å². The first-order valence-corrected chi connectivity index (χ1v) is 6.94. The molecule has 1 heterocycles. The van der Waals surface area contributed by atoms with Crippen LogP contribution in [0, 0.1) is 0 Å². The Morgan fingerprint density at radius 3 is 2.29 bits per heavy atom. The van der Waals surface area contributed by atoms with E-state index >= 15 is 0 Å². The number of amides is 3. The minimum Gasteiger partial charge on any atom is -0.481 e. The van der Waals surface area contributed by atoms with Crippen LogP contribution in [0.2, 0.25) is 0 Å². The summed E-state index contributed by atoms with van der Waals surface area (Å²) >= 11 is 0. The maximum atomic E-state index is 12.0. The second-order valence-electron chi connectivity index (χ2n) is 5.57. The van der Waals surface area contributed by atoms with E-state index in [1.54, 1.807) is 9.80 Å². The second kappa shape index (κ2) is 7.26. The number of carboxylic acids is 1. The SMILES string of the molecule is CC(=O)N1CCCN(C(=O)NCC(C)(O)CC(=O)O)CC1. The Kier molecular flexibility index (Phi) is 5.95. The van der Waals surface area contributed by atoms with Crippen LogP contribution in [0.1, 0.15) is 26.7 Å². The van der Waals surface area contributed by atoms with Gasteiger partial charge in [-0.1, -0.05) is 0 Å². The molecule has 8 nitrogen and oxygen atoms in total. The number of aliphatic hydroxyl groups is 1. The molecule has 0 aromatic carbocycles. The molecule has 3 amide bonds. The molecule has 0 aromatic heterocycles. The molecule has 0 bridgehead atoms. The summed E-state index contributed by atoms with van der Waals surface area (Å²) in [6.45, 7) is 4.78. The third-order valence-corrected chi connectivity index (χ3v) is 3.38. The Hall–Kier alpha value is -1.83. The Balaban J connectivity index is 2.45. The summed E-state index contributed by atoms with van der Waals surface area (Å²) in [5.74, 6) is -1.14. The Labute approximate surface area is 123 Å². The van der Waals surface area contributed by atoms with Crippen LogP contribution < -0.4 is 5.32 Å². The summed E-state index contributed by atoms with van der Waals surface area (Å²) in [6, 6.07) is -0.355. The van der Waals surface area contributed by atoms with Crippen molar-refractivity contribution in [3.8, 4) is 0 Å². The Bertz CT molecular complexity index is 411. The highest BCUT2D eigenvalue weighted by molar-refractivity contribution is 5.75. The standard InChI is InChI=1S/C13H23N3O5/c1-10(17)15-4-3-5-16(7-6-15)12(20)14-9-13(2,21)8-11(18)19/h21H,3-9H2,1-2H3,(H,14,20)(H,18,19). The summed E-state index contributed by atoms with van der Waals surface area (Å²) in [5, 5.41) is 21.0. The lowest BCUT2D eigenvalue weighted by Crippen LogP contribution is -2.48. The van der Waals surface area contributed by atoms with Crippen molar-refractivity contribution in [3.05, 3.63) is 0 Å². The second-order valence-corrected chi connectivity index (χ2v) is 5.57. The fraction of sp³-hybridized carbons (Fsp3) is 0.769. The lowest BCUT2D eigenvalue weighted by atomic mass is 10.0. The molecule has 3 N–H and O–H groups in total. The fourth-order valence-electron chi connectivity index (χ4n) is 2.20. The van der Waals surface area contributed by atoms with Crippen molar-refractivity contribution >= 4 is 17.9 Å². The van der Waals surface area contributed by atoms with Gasteiger partial charge in [0.1, 0.15) is 0 Å². The van der Waals surface area contributed by atoms with Gasteiger partial charge in [-0.2, -0.15) is 0 Å². The molecular formula is C13H23N3O5. The molecule has 1 saturated heterocycles. The van der Waals surface area contributed by atoms with Crippen LogP contribution in [0.4, 0.5) is 4.79 Å². The lowest BCUT2D eigenvalue weighted by molar-refractivity contribution is -0.141. The molecule has 1 aliphatic rings. The Morgan fingerprint density at radius 2 is 1.71 bits per heavy atom. The van der Waals surface area contributed by atoms with E-state index in [4.69, 9.17) is 5.11 Å². The highest BCUT2D eigenvalue weighted by atomic mass is 16.4. The molecule has 0 saturated carbocycles. The van der Waals surface area contributed by atoms with Gasteiger partial charge in [-0.05, 0) is 13.3 Å². The smallest absolute Gasteiger partial charge is 0.317 e. The van der Waals surface area contributed by atoms with Crippen molar-refractivity contribution in [1.29, 1.82) is 0 Å². The van der Waals surface area contributed by atoms with Crippen LogP contribution in [0.25, 0.3) is 0 Å². The predicted molar refractivity (Wildman–Crippen MR) is 74.7 cm³/mol. The van der Waals surface area contributed by atoms with E-state index in [1.807, 2.05) is 0 Å². The molecule has 21 heavy (non-hydrogen) atoms. The van der Waals surface area contributed by atoms with Gasteiger partial charge >= 0.3 is 12.0 Å². The minimum absolute atomic E-state index is 0.0124. The average molecular weight is 301 g/mol. The van der Waals surface area contributed by atoms with Gasteiger partial charge in [-0.25, -0.2) is 4.79 Å². The highest BCUT2D eigenvalue weighted by Crippen LogP contribution is 2.08. The van der Waals surface area contributed by atoms with E-state index in [2.05, 4.69) is 5.32 Å². The highest BCUT2D eigenvalue weighted by Gasteiger charge is 2.26. The number of carboxylic acid groups (broad SMARTS) is 1. The summed E-state index contributed by atoms with van der Waals surface area (Å²) in [5.41, 5.74) is -1.49. The van der Waals surface area contributed by atoms with E-state index in [9.17, 15) is 19.5 Å². The van der Waals surface area contributed by atoms with E-state index in [0.29, 0.717) is 32.6 Å². The zero-order valence-corrected chi connectivity index (χ0v) is 12.5. The molecular weight excluding hydrogens is 278 g/mol. The van der Waals surface area contributed by atoms with Crippen LogP contribution in [-0.4, -0.2) is 76.2 Å². The first kappa shape index (κ1) is 17.2. The van der Waals surface area contributed by atoms with Crippen molar-refractivity contribution in [2.24, 2.45) is 0 Å². The number of nitrogens with zero attached hydrogens (tertiary/aromatic N) is 2. The van der Waals surface area contributed by atoms with Crippen molar-refractivity contribution in [2.45, 2.75) is 32.3 Å². The number of urea groups is 1. The van der Waals surface area contributed by atoms with Crippen molar-refractivity contribution < 1.29 is 24.6 Å². The number of hydrogen-bond donors (Lipinski definition) is 3. The maximum absolute atomic E-state index is 12.0. The normalized spacial score (nSPS) is 18.6. The summed E-state index contributed by atoms with van der Waals surface area (Å²) in [7, 11) is 0. The van der Waals surface area contributed by atoms with Crippen molar-refractivity contribution in [3.63, 3.8) is 0 Å². The molecule has 0 radical (unpaired) electrons. The van der Waals surface area contributed by atoms with E-state index < -0.39 is 18.0 Å².